The first kappa shape index (κ1) is 23.2. The third kappa shape index (κ3) is 3.94. The van der Waals surface area contributed by atoms with E-state index in [2.05, 4.69) is 0 Å². The number of hydrogen-bond acceptors (Lipinski definition) is 7. The Labute approximate surface area is 232 Å². The minimum absolute atomic E-state index is 0.192. The predicted molar refractivity (Wildman–Crippen MR) is 154 cm³/mol. The average molecular weight is 540 g/mol. The minimum atomic E-state index is -0.204. The molecule has 4 heterocycles. The van der Waals surface area contributed by atoms with Gasteiger partial charge in [-0.05, 0) is 66.2 Å². The van der Waals surface area contributed by atoms with Crippen LogP contribution >= 0.6 is 0 Å². The summed E-state index contributed by atoms with van der Waals surface area (Å²) < 4.78 is 20.4. The fraction of sp³-hybridized carbons (Fsp3) is 0.0625. The van der Waals surface area contributed by atoms with Crippen LogP contribution in [0.25, 0.3) is 38.9 Å². The molecule has 0 atom stereocenters. The number of ether oxygens (including phenoxy) is 3. The van der Waals surface area contributed by atoms with E-state index in [1.807, 2.05) is 102 Å². The number of hydrogen-bond donors (Lipinski definition) is 0. The van der Waals surface area contributed by atoms with Crippen LogP contribution in [0.2, 0.25) is 0 Å². The highest BCUT2D eigenvalue weighted by Crippen LogP contribution is 2.33. The number of nitrogens with zero attached hydrogens (tertiary/aromatic N) is 5. The maximum Gasteiger partial charge on any atom is 0.265 e. The molecule has 4 aromatic carbocycles. The first-order valence-electron chi connectivity index (χ1n) is 13.1. The van der Waals surface area contributed by atoms with Crippen molar-refractivity contribution in [3.05, 3.63) is 119 Å². The molecule has 0 fully saturated rings. The standard InChI is InChI=1S/C32H21N5O4/c38-32-28-29-31(35-25-9-5-4-8-24(25)34-29)37(21-11-13-23(14-12-21)41-22-6-2-1-3-7-22)30(28)33-18-36(32)17-20-10-15-26-27(16-20)40-19-39-26/h1-16,18H,17,19H2. The number of fused-ring (bicyclic) bond motifs is 5. The molecule has 3 aromatic heterocycles. The Balaban J connectivity index is 1.28. The van der Waals surface area contributed by atoms with Gasteiger partial charge in [0.2, 0.25) is 6.79 Å². The van der Waals surface area contributed by atoms with Crippen molar-refractivity contribution in [2.75, 3.05) is 6.79 Å². The molecular formula is C32H21N5O4. The van der Waals surface area contributed by atoms with Crippen molar-refractivity contribution in [3.63, 3.8) is 0 Å². The lowest BCUT2D eigenvalue weighted by molar-refractivity contribution is 0.174. The van der Waals surface area contributed by atoms with Crippen LogP contribution in [0.1, 0.15) is 5.56 Å². The summed E-state index contributed by atoms with van der Waals surface area (Å²) in [4.78, 5) is 28.6. The normalized spacial score (nSPS) is 12.4. The lowest BCUT2D eigenvalue weighted by Crippen LogP contribution is -2.21. The van der Waals surface area contributed by atoms with E-state index in [0.29, 0.717) is 51.5 Å². The molecule has 8 rings (SSSR count). The minimum Gasteiger partial charge on any atom is -0.457 e. The highest BCUT2D eigenvalue weighted by molar-refractivity contribution is 6.05. The van der Waals surface area contributed by atoms with Crippen molar-refractivity contribution >= 4 is 33.2 Å². The third-order valence-electron chi connectivity index (χ3n) is 7.09. The maximum atomic E-state index is 14.0. The molecule has 0 amide bonds. The van der Waals surface area contributed by atoms with Gasteiger partial charge in [0.1, 0.15) is 28.7 Å². The predicted octanol–water partition coefficient (Wildman–Crippen LogP) is 5.85. The lowest BCUT2D eigenvalue weighted by atomic mass is 10.2. The van der Waals surface area contributed by atoms with Crippen molar-refractivity contribution in [2.24, 2.45) is 0 Å². The molecule has 0 spiro atoms. The summed E-state index contributed by atoms with van der Waals surface area (Å²) in [6.07, 6.45) is 1.57. The summed E-state index contributed by atoms with van der Waals surface area (Å²) in [7, 11) is 0. The molecule has 0 bridgehead atoms. The summed E-state index contributed by atoms with van der Waals surface area (Å²) in [5.41, 5.74) is 4.46. The van der Waals surface area contributed by atoms with Crippen LogP contribution in [0.4, 0.5) is 0 Å². The lowest BCUT2D eigenvalue weighted by Gasteiger charge is -2.10. The summed E-state index contributed by atoms with van der Waals surface area (Å²) in [5.74, 6) is 2.80. The van der Waals surface area contributed by atoms with Crippen LogP contribution in [0.5, 0.6) is 23.0 Å². The molecule has 9 nitrogen and oxygen atoms in total. The molecule has 0 aliphatic carbocycles. The summed E-state index contributed by atoms with van der Waals surface area (Å²) >= 11 is 0. The smallest absolute Gasteiger partial charge is 0.265 e. The van der Waals surface area contributed by atoms with Gasteiger partial charge in [-0.15, -0.1) is 0 Å². The molecule has 1 aliphatic heterocycles. The second-order valence-corrected chi connectivity index (χ2v) is 9.69. The number of para-hydroxylation sites is 3. The van der Waals surface area contributed by atoms with Crippen LogP contribution in [-0.2, 0) is 6.54 Å². The van der Waals surface area contributed by atoms with E-state index >= 15 is 0 Å². The third-order valence-corrected chi connectivity index (χ3v) is 7.09. The Morgan fingerprint density at radius 3 is 2.32 bits per heavy atom. The summed E-state index contributed by atoms with van der Waals surface area (Å²) in [6.45, 7) is 0.509. The molecule has 0 saturated carbocycles. The fourth-order valence-electron chi connectivity index (χ4n) is 5.15. The molecule has 0 saturated heterocycles. The van der Waals surface area contributed by atoms with E-state index in [9.17, 15) is 4.79 Å². The largest absolute Gasteiger partial charge is 0.457 e. The molecule has 1 aliphatic rings. The molecule has 0 radical (unpaired) electrons. The quantitative estimate of drug-likeness (QED) is 0.271. The first-order chi connectivity index (χ1) is 20.2. The van der Waals surface area contributed by atoms with Crippen LogP contribution < -0.4 is 19.8 Å². The van der Waals surface area contributed by atoms with E-state index in [0.717, 1.165) is 22.5 Å². The van der Waals surface area contributed by atoms with Crippen molar-refractivity contribution < 1.29 is 14.2 Å². The molecule has 0 N–H and O–H groups in total. The first-order valence-corrected chi connectivity index (χ1v) is 13.1. The molecule has 9 heteroatoms. The average Bonchev–Trinajstić information content (AvgIpc) is 3.60. The van der Waals surface area contributed by atoms with Gasteiger partial charge in [0.05, 0.1) is 17.6 Å². The molecule has 0 unspecified atom stereocenters. The number of rotatable bonds is 5. The number of benzene rings is 4. The second kappa shape index (κ2) is 9.20. The fourth-order valence-corrected chi connectivity index (χ4v) is 5.15. The Morgan fingerprint density at radius 1 is 0.756 bits per heavy atom. The van der Waals surface area contributed by atoms with Crippen LogP contribution in [0.3, 0.4) is 0 Å². The van der Waals surface area contributed by atoms with Gasteiger partial charge in [-0.3, -0.25) is 13.9 Å². The Morgan fingerprint density at radius 2 is 1.49 bits per heavy atom. The van der Waals surface area contributed by atoms with Gasteiger partial charge >= 0.3 is 0 Å². The maximum absolute atomic E-state index is 14.0. The van der Waals surface area contributed by atoms with E-state index in [-0.39, 0.29) is 12.4 Å². The Bertz CT molecular complexity index is 2150. The van der Waals surface area contributed by atoms with Gasteiger partial charge in [0, 0.05) is 5.69 Å². The SMILES string of the molecule is O=c1c2c3nc4ccccc4nc3n(-c3ccc(Oc4ccccc4)cc3)c2ncn1Cc1ccc2c(c1)OCO2. The highest BCUT2D eigenvalue weighted by atomic mass is 16.7. The van der Waals surface area contributed by atoms with Gasteiger partial charge in [0.25, 0.3) is 5.56 Å². The monoisotopic (exact) mass is 539 g/mol. The van der Waals surface area contributed by atoms with Crippen LogP contribution in [0.15, 0.2) is 108 Å². The van der Waals surface area contributed by atoms with Gasteiger partial charge in [-0.25, -0.2) is 15.0 Å². The van der Waals surface area contributed by atoms with Gasteiger partial charge < -0.3 is 14.2 Å². The van der Waals surface area contributed by atoms with Crippen molar-refractivity contribution in [2.45, 2.75) is 6.54 Å². The summed E-state index contributed by atoms with van der Waals surface area (Å²) in [5, 5.41) is 0.408. The van der Waals surface area contributed by atoms with E-state index in [4.69, 9.17) is 29.2 Å². The molecular weight excluding hydrogens is 518 g/mol. The number of aromatic nitrogens is 5. The van der Waals surface area contributed by atoms with Crippen LogP contribution in [0, 0.1) is 0 Å². The van der Waals surface area contributed by atoms with Crippen LogP contribution in [-0.4, -0.2) is 30.9 Å². The van der Waals surface area contributed by atoms with Gasteiger partial charge in [-0.2, -0.15) is 0 Å². The second-order valence-electron chi connectivity index (χ2n) is 9.69. The zero-order valence-electron chi connectivity index (χ0n) is 21.6. The topological polar surface area (TPSA) is 93.3 Å². The molecule has 7 aromatic rings. The van der Waals surface area contributed by atoms with Gasteiger partial charge in [-0.1, -0.05) is 36.4 Å². The van der Waals surface area contributed by atoms with Gasteiger partial charge in [0.15, 0.2) is 22.8 Å². The van der Waals surface area contributed by atoms with Crippen molar-refractivity contribution in [1.29, 1.82) is 0 Å². The Hall–Kier alpha value is -5.70. The van der Waals surface area contributed by atoms with E-state index in [1.54, 1.807) is 10.9 Å². The zero-order chi connectivity index (χ0) is 27.3. The van der Waals surface area contributed by atoms with E-state index < -0.39 is 0 Å². The molecule has 198 valence electrons. The Kier molecular flexibility index (Phi) is 5.21. The molecule has 41 heavy (non-hydrogen) atoms. The van der Waals surface area contributed by atoms with Crippen molar-refractivity contribution in [1.82, 2.24) is 24.1 Å². The highest BCUT2D eigenvalue weighted by Gasteiger charge is 2.21. The zero-order valence-corrected chi connectivity index (χ0v) is 21.6. The van der Waals surface area contributed by atoms with Crippen molar-refractivity contribution in [3.8, 4) is 28.7 Å². The van der Waals surface area contributed by atoms with E-state index in [1.165, 1.54) is 0 Å². The summed E-state index contributed by atoms with van der Waals surface area (Å²) in [6, 6.07) is 30.5.